The Morgan fingerprint density at radius 2 is 1.60 bits per heavy atom. The van der Waals surface area contributed by atoms with Gasteiger partial charge in [-0.15, -0.1) is 0 Å². The minimum atomic E-state index is -0.129. The number of rotatable bonds is 1. The van der Waals surface area contributed by atoms with E-state index in [9.17, 15) is 4.39 Å². The van der Waals surface area contributed by atoms with Crippen LogP contribution in [0.1, 0.15) is 37.2 Å². The van der Waals surface area contributed by atoms with Gasteiger partial charge in [0.2, 0.25) is 0 Å². The highest BCUT2D eigenvalue weighted by molar-refractivity contribution is 5.22. The molecule has 2 aliphatic heterocycles. The molecule has 15 heavy (non-hydrogen) atoms. The van der Waals surface area contributed by atoms with Crippen LogP contribution in [0, 0.1) is 5.82 Å². The molecule has 0 saturated carbocycles. The Kier molecular flexibility index (Phi) is 2.24. The largest absolute Gasteiger partial charge is 0.311 e. The number of nitrogens with one attached hydrogen (secondary N) is 1. The van der Waals surface area contributed by atoms with Crippen LogP contribution in [0.25, 0.3) is 0 Å². The van der Waals surface area contributed by atoms with E-state index in [0.717, 1.165) is 0 Å². The first-order chi connectivity index (χ1) is 7.31. The molecule has 3 rings (SSSR count). The fourth-order valence-electron chi connectivity index (χ4n) is 3.06. The predicted molar refractivity (Wildman–Crippen MR) is 58.3 cm³/mol. The summed E-state index contributed by atoms with van der Waals surface area (Å²) in [6.45, 7) is 0. The summed E-state index contributed by atoms with van der Waals surface area (Å²) < 4.78 is 12.8. The molecule has 0 amide bonds. The summed E-state index contributed by atoms with van der Waals surface area (Å²) in [5.74, 6) is 0.514. The highest BCUT2D eigenvalue weighted by Crippen LogP contribution is 2.36. The van der Waals surface area contributed by atoms with Gasteiger partial charge in [0.25, 0.3) is 0 Å². The van der Waals surface area contributed by atoms with Gasteiger partial charge in [-0.2, -0.15) is 0 Å². The van der Waals surface area contributed by atoms with Crippen molar-refractivity contribution < 1.29 is 4.39 Å². The van der Waals surface area contributed by atoms with Crippen molar-refractivity contribution in [2.75, 3.05) is 0 Å². The van der Waals surface area contributed by atoms with Crippen molar-refractivity contribution in [2.24, 2.45) is 0 Å². The molecule has 2 atom stereocenters. The zero-order valence-electron chi connectivity index (χ0n) is 8.75. The first-order valence-electron chi connectivity index (χ1n) is 5.83. The van der Waals surface area contributed by atoms with Gasteiger partial charge in [-0.25, -0.2) is 4.39 Å². The van der Waals surface area contributed by atoms with Gasteiger partial charge in [0.1, 0.15) is 5.82 Å². The van der Waals surface area contributed by atoms with E-state index >= 15 is 0 Å². The van der Waals surface area contributed by atoms with Gasteiger partial charge >= 0.3 is 0 Å². The average molecular weight is 205 g/mol. The first-order valence-corrected chi connectivity index (χ1v) is 5.83. The summed E-state index contributed by atoms with van der Waals surface area (Å²) in [6, 6.07) is 8.48. The smallest absolute Gasteiger partial charge is 0.123 e. The third kappa shape index (κ3) is 1.78. The number of fused-ring (bicyclic) bond motifs is 2. The summed E-state index contributed by atoms with van der Waals surface area (Å²) >= 11 is 0. The van der Waals surface area contributed by atoms with Crippen LogP contribution in [-0.4, -0.2) is 12.1 Å². The fraction of sp³-hybridized carbons (Fsp3) is 0.538. The van der Waals surface area contributed by atoms with Crippen LogP contribution < -0.4 is 5.32 Å². The maximum atomic E-state index is 12.8. The summed E-state index contributed by atoms with van der Waals surface area (Å²) in [5, 5.41) is 3.63. The fourth-order valence-corrected chi connectivity index (χ4v) is 3.06. The molecule has 1 aromatic rings. The van der Waals surface area contributed by atoms with Crippen molar-refractivity contribution in [1.82, 2.24) is 5.32 Å². The standard InChI is InChI=1S/C13H16FN/c14-11-3-1-9(2-4-11)10-7-12-5-6-13(8-10)15-12/h1-4,10,12-13,15H,5-8H2. The Morgan fingerprint density at radius 1 is 1.00 bits per heavy atom. The van der Waals surface area contributed by atoms with Crippen LogP contribution in [0.4, 0.5) is 4.39 Å². The lowest BCUT2D eigenvalue weighted by atomic mass is 9.86. The van der Waals surface area contributed by atoms with Crippen LogP contribution in [0.5, 0.6) is 0 Å². The summed E-state index contributed by atoms with van der Waals surface area (Å²) in [4.78, 5) is 0. The summed E-state index contributed by atoms with van der Waals surface area (Å²) in [5.41, 5.74) is 1.31. The Bertz CT molecular complexity index is 334. The SMILES string of the molecule is Fc1ccc(C2CC3CCC(C2)N3)cc1. The second-order valence-corrected chi connectivity index (χ2v) is 4.86. The van der Waals surface area contributed by atoms with Crippen molar-refractivity contribution in [3.63, 3.8) is 0 Å². The molecule has 1 N–H and O–H groups in total. The number of benzene rings is 1. The number of halogens is 1. The Balaban J connectivity index is 1.80. The molecule has 0 aromatic heterocycles. The van der Waals surface area contributed by atoms with Crippen LogP contribution in [-0.2, 0) is 0 Å². The highest BCUT2D eigenvalue weighted by Gasteiger charge is 2.33. The first kappa shape index (κ1) is 9.34. The summed E-state index contributed by atoms with van der Waals surface area (Å²) in [7, 11) is 0. The van der Waals surface area contributed by atoms with Crippen LogP contribution in [0.2, 0.25) is 0 Å². The van der Waals surface area contributed by atoms with Crippen LogP contribution in [0.3, 0.4) is 0 Å². The second kappa shape index (κ2) is 3.60. The highest BCUT2D eigenvalue weighted by atomic mass is 19.1. The van der Waals surface area contributed by atoms with Gasteiger partial charge in [-0.05, 0) is 49.3 Å². The predicted octanol–water partition coefficient (Wildman–Crippen LogP) is 2.82. The Labute approximate surface area is 89.7 Å². The van der Waals surface area contributed by atoms with Gasteiger partial charge in [-0.3, -0.25) is 0 Å². The van der Waals surface area contributed by atoms with E-state index in [0.29, 0.717) is 18.0 Å². The second-order valence-electron chi connectivity index (χ2n) is 4.86. The molecular weight excluding hydrogens is 189 g/mol. The molecule has 2 fully saturated rings. The van der Waals surface area contributed by atoms with Crippen molar-refractivity contribution in [3.8, 4) is 0 Å². The molecule has 2 bridgehead atoms. The quantitative estimate of drug-likeness (QED) is 0.743. The van der Waals surface area contributed by atoms with E-state index in [4.69, 9.17) is 0 Å². The van der Waals surface area contributed by atoms with Crippen molar-refractivity contribution in [3.05, 3.63) is 35.6 Å². The van der Waals surface area contributed by atoms with Crippen LogP contribution >= 0.6 is 0 Å². The van der Waals surface area contributed by atoms with Gasteiger partial charge in [0.15, 0.2) is 0 Å². The molecule has 2 unspecified atom stereocenters. The number of hydrogen-bond donors (Lipinski definition) is 1. The molecule has 0 spiro atoms. The maximum Gasteiger partial charge on any atom is 0.123 e. The van der Waals surface area contributed by atoms with E-state index in [1.807, 2.05) is 12.1 Å². The molecule has 0 radical (unpaired) electrons. The molecule has 2 saturated heterocycles. The lowest BCUT2D eigenvalue weighted by Gasteiger charge is -2.29. The lowest BCUT2D eigenvalue weighted by molar-refractivity contribution is 0.363. The van der Waals surface area contributed by atoms with E-state index in [1.165, 1.54) is 31.2 Å². The molecule has 1 aromatic carbocycles. The molecule has 0 aliphatic carbocycles. The minimum absolute atomic E-state index is 0.129. The molecule has 2 heteroatoms. The van der Waals surface area contributed by atoms with Crippen molar-refractivity contribution in [2.45, 2.75) is 43.7 Å². The van der Waals surface area contributed by atoms with Crippen LogP contribution in [0.15, 0.2) is 24.3 Å². The minimum Gasteiger partial charge on any atom is -0.311 e. The molecule has 2 heterocycles. The number of piperidine rings is 1. The van der Waals surface area contributed by atoms with E-state index in [-0.39, 0.29) is 5.82 Å². The van der Waals surface area contributed by atoms with E-state index in [1.54, 1.807) is 12.1 Å². The van der Waals surface area contributed by atoms with E-state index < -0.39 is 0 Å². The summed E-state index contributed by atoms with van der Waals surface area (Å²) in [6.07, 6.45) is 5.09. The van der Waals surface area contributed by atoms with Crippen molar-refractivity contribution >= 4 is 0 Å². The molecule has 1 nitrogen and oxygen atoms in total. The molecular formula is C13H16FN. The Hall–Kier alpha value is -0.890. The van der Waals surface area contributed by atoms with Gasteiger partial charge in [0.05, 0.1) is 0 Å². The average Bonchev–Trinajstić information content (AvgIpc) is 2.59. The third-order valence-electron chi connectivity index (χ3n) is 3.81. The third-order valence-corrected chi connectivity index (χ3v) is 3.81. The Morgan fingerprint density at radius 3 is 2.20 bits per heavy atom. The maximum absolute atomic E-state index is 12.8. The molecule has 80 valence electrons. The normalized spacial score (nSPS) is 34.3. The monoisotopic (exact) mass is 205 g/mol. The van der Waals surface area contributed by atoms with Gasteiger partial charge < -0.3 is 5.32 Å². The lowest BCUT2D eigenvalue weighted by Crippen LogP contribution is -2.37. The molecule has 2 aliphatic rings. The van der Waals surface area contributed by atoms with Crippen molar-refractivity contribution in [1.29, 1.82) is 0 Å². The van der Waals surface area contributed by atoms with E-state index in [2.05, 4.69) is 5.32 Å². The van der Waals surface area contributed by atoms with Gasteiger partial charge in [0, 0.05) is 12.1 Å². The zero-order chi connectivity index (χ0) is 10.3. The topological polar surface area (TPSA) is 12.0 Å². The number of hydrogen-bond acceptors (Lipinski definition) is 1. The zero-order valence-corrected chi connectivity index (χ0v) is 8.75. The van der Waals surface area contributed by atoms with Gasteiger partial charge in [-0.1, -0.05) is 12.1 Å².